The third-order valence-corrected chi connectivity index (χ3v) is 8.07. The molecule has 3 aromatic carbocycles. The van der Waals surface area contributed by atoms with E-state index in [-0.39, 0.29) is 23.4 Å². The Labute approximate surface area is 310 Å². The summed E-state index contributed by atoms with van der Waals surface area (Å²) < 4.78 is 35.3. The summed E-state index contributed by atoms with van der Waals surface area (Å²) in [6, 6.07) is 22.5. The van der Waals surface area contributed by atoms with Crippen molar-refractivity contribution in [1.82, 2.24) is 24.7 Å². The van der Waals surface area contributed by atoms with Crippen LogP contribution in [0.25, 0.3) is 5.57 Å². The molecule has 13 nitrogen and oxygen atoms in total. The predicted octanol–water partition coefficient (Wildman–Crippen LogP) is 7.75. The number of carbonyl (C=O) groups is 1. The van der Waals surface area contributed by atoms with Gasteiger partial charge in [-0.1, -0.05) is 72.9 Å². The number of methoxy groups -OCH3 is 2. The molecule has 0 amide bonds. The van der Waals surface area contributed by atoms with Crippen LogP contribution < -0.4 is 9.47 Å². The summed E-state index contributed by atoms with van der Waals surface area (Å²) in [6.07, 6.45) is 7.67. The number of carbonyl (C=O) groups excluding carboxylic acids is 1. The van der Waals surface area contributed by atoms with E-state index in [1.807, 2.05) is 6.07 Å². The zero-order valence-electron chi connectivity index (χ0n) is 28.4. The summed E-state index contributed by atoms with van der Waals surface area (Å²) in [4.78, 5) is 24.2. The van der Waals surface area contributed by atoms with Crippen LogP contribution in [0, 0.1) is 11.3 Å². The number of aromatic nitrogens is 5. The van der Waals surface area contributed by atoms with E-state index in [2.05, 4.69) is 33.0 Å². The van der Waals surface area contributed by atoms with Gasteiger partial charge in [0.25, 0.3) is 0 Å². The molecule has 1 saturated heterocycles. The van der Waals surface area contributed by atoms with Gasteiger partial charge in [0.15, 0.2) is 0 Å². The molecule has 268 valence electrons. The first-order valence-electron chi connectivity index (χ1n) is 16.0. The van der Waals surface area contributed by atoms with Gasteiger partial charge in [-0.2, -0.15) is 10.4 Å². The lowest BCUT2D eigenvalue weighted by molar-refractivity contribution is -0.189. The molecule has 0 aliphatic carbocycles. The topological polar surface area (TPSA) is 153 Å². The number of halogens is 2. The monoisotopic (exact) mass is 744 g/mol. The molecular formula is C37H34Cl2N6O7. The van der Waals surface area contributed by atoms with E-state index in [0.29, 0.717) is 45.8 Å². The van der Waals surface area contributed by atoms with Crippen molar-refractivity contribution < 1.29 is 33.2 Å². The fourth-order valence-electron chi connectivity index (χ4n) is 5.20. The second-order valence-corrected chi connectivity index (χ2v) is 11.9. The van der Waals surface area contributed by atoms with Crippen LogP contribution in [0.15, 0.2) is 98.0 Å². The summed E-state index contributed by atoms with van der Waals surface area (Å²) >= 11 is 12.4. The number of nitrogens with zero attached hydrogens (tertiary/aromatic N) is 6. The molecule has 52 heavy (non-hydrogen) atoms. The zero-order chi connectivity index (χ0) is 36.9. The Morgan fingerprint density at radius 1 is 1.02 bits per heavy atom. The van der Waals surface area contributed by atoms with Gasteiger partial charge in [0, 0.05) is 16.1 Å². The number of esters is 1. The van der Waals surface area contributed by atoms with E-state index < -0.39 is 11.8 Å². The van der Waals surface area contributed by atoms with E-state index >= 15 is 0 Å². The van der Waals surface area contributed by atoms with Crippen molar-refractivity contribution in [3.05, 3.63) is 125 Å². The van der Waals surface area contributed by atoms with Crippen LogP contribution in [-0.2, 0) is 36.1 Å². The lowest BCUT2D eigenvalue weighted by atomic mass is 10.1. The highest BCUT2D eigenvalue weighted by Gasteiger charge is 2.45. The highest BCUT2D eigenvalue weighted by atomic mass is 35.5. The lowest BCUT2D eigenvalue weighted by Crippen LogP contribution is -2.34. The van der Waals surface area contributed by atoms with Crippen molar-refractivity contribution in [3.63, 3.8) is 0 Å². The molecule has 0 N–H and O–H groups in total. The Hall–Kier alpha value is -5.52. The lowest BCUT2D eigenvalue weighted by Gasteiger charge is -2.29. The van der Waals surface area contributed by atoms with E-state index in [0.717, 1.165) is 18.4 Å². The molecule has 0 radical (unpaired) electrons. The summed E-state index contributed by atoms with van der Waals surface area (Å²) in [5.74, 6) is -0.443. The summed E-state index contributed by atoms with van der Waals surface area (Å²) in [7, 11) is 2.71. The van der Waals surface area contributed by atoms with Crippen molar-refractivity contribution in [2.24, 2.45) is 0 Å². The van der Waals surface area contributed by atoms with Crippen molar-refractivity contribution in [1.29, 1.82) is 5.26 Å². The molecule has 5 aromatic rings. The number of hydrogen-bond donors (Lipinski definition) is 0. The van der Waals surface area contributed by atoms with Crippen molar-refractivity contribution in [2.45, 2.75) is 38.2 Å². The number of rotatable bonds is 12. The second kappa shape index (κ2) is 18.1. The van der Waals surface area contributed by atoms with Crippen LogP contribution in [0.4, 0.5) is 0 Å². The first kappa shape index (κ1) is 37.7. The molecule has 2 atom stereocenters. The zero-order valence-corrected chi connectivity index (χ0v) is 30.0. The number of ether oxygens (including phenoxy) is 6. The van der Waals surface area contributed by atoms with Crippen LogP contribution in [0.5, 0.6) is 23.3 Å². The van der Waals surface area contributed by atoms with Gasteiger partial charge in [-0.3, -0.25) is 0 Å². The number of nitriles is 1. The largest absolute Gasteiger partial charge is 0.503 e. The Kier molecular flexibility index (Phi) is 13.1. The average Bonchev–Trinajstić information content (AvgIpc) is 3.82. The maximum atomic E-state index is 12.1. The maximum Gasteiger partial charge on any atom is 0.341 e. The Bertz CT molecular complexity index is 2040. The number of benzene rings is 3. The Balaban J connectivity index is 0.000000210. The Morgan fingerprint density at radius 3 is 2.42 bits per heavy atom. The van der Waals surface area contributed by atoms with Crippen molar-refractivity contribution >= 4 is 34.7 Å². The number of para-hydroxylation sites is 2. The first-order chi connectivity index (χ1) is 25.3. The van der Waals surface area contributed by atoms with Gasteiger partial charge in [-0.25, -0.2) is 24.4 Å². The van der Waals surface area contributed by atoms with E-state index in [1.54, 1.807) is 71.7 Å². The molecule has 1 fully saturated rings. The standard InChI is InChI=1S/C22H17N3O5.C15H17Cl2N3O2/c1-27-13-17(22(26)28-2)16-8-4-6-10-19(16)30-21-11-20(24-14-25-21)29-18-9-5-3-7-15(18)12-23;1-2-3-12-7-21-15(22-12,8-20-10-18-9-19-20)13-5-4-11(16)6-14(13)17/h3-11,13-14H,1-2H3;4-6,9-10,12H,2-3,7-8H2,1H3/b17-13+;. The smallest absolute Gasteiger partial charge is 0.341 e. The molecule has 1 aliphatic heterocycles. The predicted molar refractivity (Wildman–Crippen MR) is 191 cm³/mol. The fourth-order valence-corrected chi connectivity index (χ4v) is 5.75. The molecule has 15 heteroatoms. The van der Waals surface area contributed by atoms with Gasteiger partial charge < -0.3 is 28.4 Å². The molecule has 1 aliphatic rings. The normalized spacial score (nSPS) is 16.6. The fraction of sp³-hybridized carbons (Fsp3) is 0.243. The average molecular weight is 746 g/mol. The highest BCUT2D eigenvalue weighted by Crippen LogP contribution is 2.41. The van der Waals surface area contributed by atoms with Gasteiger partial charge in [0.1, 0.15) is 48.7 Å². The van der Waals surface area contributed by atoms with E-state index in [4.69, 9.17) is 51.6 Å². The van der Waals surface area contributed by atoms with Gasteiger partial charge in [0.05, 0.1) is 49.8 Å². The van der Waals surface area contributed by atoms with Crippen LogP contribution >= 0.6 is 23.2 Å². The molecule has 0 bridgehead atoms. The minimum absolute atomic E-state index is 0.0419. The van der Waals surface area contributed by atoms with E-state index in [9.17, 15) is 10.1 Å². The second-order valence-electron chi connectivity index (χ2n) is 11.1. The summed E-state index contributed by atoms with van der Waals surface area (Å²) in [6.45, 7) is 3.03. The SMILES string of the molecule is CCCC1COC(Cn2cncn2)(c2ccc(Cl)cc2Cl)O1.CO/C=C(/C(=O)OC)c1ccccc1Oc1cc(Oc2ccccc2C#N)ncn1. The summed E-state index contributed by atoms with van der Waals surface area (Å²) in [5.41, 5.74) is 1.77. The highest BCUT2D eigenvalue weighted by molar-refractivity contribution is 6.35. The molecule has 0 saturated carbocycles. The maximum absolute atomic E-state index is 12.1. The first-order valence-corrected chi connectivity index (χ1v) is 16.7. The minimum atomic E-state index is -0.963. The number of hydrogen-bond acceptors (Lipinski definition) is 12. The molecule has 0 spiro atoms. The summed E-state index contributed by atoms with van der Waals surface area (Å²) in [5, 5.41) is 14.4. The van der Waals surface area contributed by atoms with Gasteiger partial charge in [0.2, 0.25) is 17.5 Å². The van der Waals surface area contributed by atoms with Crippen LogP contribution in [0.2, 0.25) is 10.0 Å². The minimum Gasteiger partial charge on any atom is -0.503 e. The van der Waals surface area contributed by atoms with Crippen LogP contribution in [-0.4, -0.2) is 57.6 Å². The third-order valence-electron chi connectivity index (χ3n) is 7.52. The van der Waals surface area contributed by atoms with Crippen LogP contribution in [0.3, 0.4) is 0 Å². The quantitative estimate of drug-likeness (QED) is 0.0697. The van der Waals surface area contributed by atoms with E-state index in [1.165, 1.54) is 39.2 Å². The van der Waals surface area contributed by atoms with Gasteiger partial charge in [-0.05, 0) is 36.8 Å². The van der Waals surface area contributed by atoms with Crippen molar-refractivity contribution in [3.8, 4) is 29.3 Å². The molecule has 2 unspecified atom stereocenters. The van der Waals surface area contributed by atoms with Crippen molar-refractivity contribution in [2.75, 3.05) is 20.8 Å². The molecule has 3 heterocycles. The third kappa shape index (κ3) is 9.42. The molecule has 6 rings (SSSR count). The van der Waals surface area contributed by atoms with Gasteiger partial charge in [-0.15, -0.1) is 0 Å². The van der Waals surface area contributed by atoms with Crippen LogP contribution in [0.1, 0.15) is 36.5 Å². The van der Waals surface area contributed by atoms with Gasteiger partial charge >= 0.3 is 5.97 Å². The Morgan fingerprint density at radius 2 is 1.75 bits per heavy atom. The molecular weight excluding hydrogens is 711 g/mol. The molecule has 2 aromatic heterocycles.